The van der Waals surface area contributed by atoms with E-state index in [2.05, 4.69) is 5.32 Å². The van der Waals surface area contributed by atoms with Gasteiger partial charge in [0.05, 0.1) is 12.0 Å². The highest BCUT2D eigenvalue weighted by molar-refractivity contribution is 7.89. The first kappa shape index (κ1) is 15.3. The Labute approximate surface area is 124 Å². The molecular weight excluding hydrogens is 288 g/mol. The van der Waals surface area contributed by atoms with E-state index in [1.54, 1.807) is 19.2 Å². The van der Waals surface area contributed by atoms with Crippen LogP contribution in [0, 0.1) is 0 Å². The molecule has 3 N–H and O–H groups in total. The van der Waals surface area contributed by atoms with Crippen molar-refractivity contribution in [2.45, 2.75) is 17.9 Å². The fourth-order valence-corrected chi connectivity index (χ4v) is 2.50. The Balaban J connectivity index is 2.14. The highest BCUT2D eigenvalue weighted by Crippen LogP contribution is 2.23. The van der Waals surface area contributed by atoms with Crippen LogP contribution in [0.2, 0.25) is 0 Å². The lowest BCUT2D eigenvalue weighted by Crippen LogP contribution is -2.12. The number of nitrogens with one attached hydrogen (secondary N) is 1. The molecule has 0 bridgehead atoms. The Kier molecular flexibility index (Phi) is 4.50. The predicted octanol–water partition coefficient (Wildman–Crippen LogP) is 2.52. The molecule has 0 aliphatic heterocycles. The van der Waals surface area contributed by atoms with Gasteiger partial charge >= 0.3 is 0 Å². The molecule has 0 aromatic heterocycles. The number of methoxy groups -OCH3 is 1. The minimum atomic E-state index is -3.65. The van der Waals surface area contributed by atoms with E-state index in [0.717, 1.165) is 17.0 Å². The normalized spacial score (nSPS) is 12.7. The average Bonchev–Trinajstić information content (AvgIpc) is 2.47. The van der Waals surface area contributed by atoms with E-state index in [9.17, 15) is 8.42 Å². The van der Waals surface area contributed by atoms with Crippen molar-refractivity contribution in [2.24, 2.45) is 5.14 Å². The summed E-state index contributed by atoms with van der Waals surface area (Å²) in [6.45, 7) is 2.02. The van der Waals surface area contributed by atoms with E-state index < -0.39 is 10.0 Å². The molecule has 0 fully saturated rings. The summed E-state index contributed by atoms with van der Waals surface area (Å²) in [4.78, 5) is 0.0992. The van der Waals surface area contributed by atoms with Crippen LogP contribution >= 0.6 is 0 Å². The molecule has 112 valence electrons. The second-order valence-corrected chi connectivity index (χ2v) is 6.27. The molecule has 1 unspecified atom stereocenters. The van der Waals surface area contributed by atoms with Crippen LogP contribution in [0.1, 0.15) is 18.5 Å². The molecule has 0 saturated heterocycles. The van der Waals surface area contributed by atoms with Crippen LogP contribution < -0.4 is 15.2 Å². The van der Waals surface area contributed by atoms with Gasteiger partial charge in [0, 0.05) is 11.7 Å². The van der Waals surface area contributed by atoms with Crippen molar-refractivity contribution >= 4 is 15.7 Å². The predicted molar refractivity (Wildman–Crippen MR) is 82.8 cm³/mol. The molecule has 0 heterocycles. The summed E-state index contributed by atoms with van der Waals surface area (Å²) in [5.74, 6) is 0.797. The van der Waals surface area contributed by atoms with E-state index in [4.69, 9.17) is 9.88 Å². The van der Waals surface area contributed by atoms with Gasteiger partial charge in [0.25, 0.3) is 0 Å². The Hall–Kier alpha value is -2.05. The van der Waals surface area contributed by atoms with Gasteiger partial charge in [0.2, 0.25) is 10.0 Å². The van der Waals surface area contributed by atoms with Crippen LogP contribution in [-0.2, 0) is 10.0 Å². The molecule has 0 aliphatic carbocycles. The Morgan fingerprint density at radius 2 is 1.81 bits per heavy atom. The minimum Gasteiger partial charge on any atom is -0.497 e. The summed E-state index contributed by atoms with van der Waals surface area (Å²) >= 11 is 0. The zero-order valence-electron chi connectivity index (χ0n) is 11.9. The number of rotatable bonds is 5. The van der Waals surface area contributed by atoms with E-state index >= 15 is 0 Å². The fraction of sp³-hybridized carbons (Fsp3) is 0.200. The van der Waals surface area contributed by atoms with Gasteiger partial charge in [0.15, 0.2) is 0 Å². The summed E-state index contributed by atoms with van der Waals surface area (Å²) in [5.41, 5.74) is 1.89. The maximum Gasteiger partial charge on any atom is 0.238 e. The third kappa shape index (κ3) is 3.96. The number of anilines is 1. The van der Waals surface area contributed by atoms with Crippen LogP contribution in [0.4, 0.5) is 5.69 Å². The quantitative estimate of drug-likeness (QED) is 0.889. The van der Waals surface area contributed by atoms with Crippen LogP contribution in [0.15, 0.2) is 53.4 Å². The molecule has 1 atom stereocenters. The summed E-state index contributed by atoms with van der Waals surface area (Å²) in [6, 6.07) is 14.2. The smallest absolute Gasteiger partial charge is 0.238 e. The lowest BCUT2D eigenvalue weighted by molar-refractivity contribution is 0.414. The standard InChI is InChI=1S/C15H18N2O3S/c1-11(12-4-3-5-14(10-12)20-2)17-13-6-8-15(9-7-13)21(16,18)19/h3-11,17H,1-2H3,(H2,16,18,19). The molecule has 2 rings (SSSR count). The zero-order valence-corrected chi connectivity index (χ0v) is 12.7. The van der Waals surface area contributed by atoms with Crippen molar-refractivity contribution in [3.05, 3.63) is 54.1 Å². The molecule has 5 nitrogen and oxygen atoms in total. The number of hydrogen-bond acceptors (Lipinski definition) is 4. The summed E-state index contributed by atoms with van der Waals surface area (Å²) < 4.78 is 27.6. The number of sulfonamides is 1. The van der Waals surface area contributed by atoms with Crippen molar-refractivity contribution in [3.63, 3.8) is 0 Å². The topological polar surface area (TPSA) is 81.4 Å². The second kappa shape index (κ2) is 6.15. The molecule has 21 heavy (non-hydrogen) atoms. The van der Waals surface area contributed by atoms with E-state index in [1.807, 2.05) is 31.2 Å². The molecule has 0 aliphatic rings. The van der Waals surface area contributed by atoms with Gasteiger partial charge in [-0.25, -0.2) is 13.6 Å². The third-order valence-corrected chi connectivity index (χ3v) is 4.09. The summed E-state index contributed by atoms with van der Waals surface area (Å²) in [7, 11) is -2.03. The zero-order chi connectivity index (χ0) is 15.5. The molecule has 0 radical (unpaired) electrons. The first-order chi connectivity index (χ1) is 9.90. The van der Waals surface area contributed by atoms with Gasteiger partial charge in [-0.3, -0.25) is 0 Å². The van der Waals surface area contributed by atoms with Gasteiger partial charge in [-0.2, -0.15) is 0 Å². The Bertz CT molecular complexity index is 712. The van der Waals surface area contributed by atoms with Crippen LogP contribution in [0.25, 0.3) is 0 Å². The van der Waals surface area contributed by atoms with Gasteiger partial charge in [-0.05, 0) is 48.9 Å². The maximum atomic E-state index is 11.2. The Morgan fingerprint density at radius 3 is 2.38 bits per heavy atom. The van der Waals surface area contributed by atoms with Gasteiger partial charge in [0.1, 0.15) is 5.75 Å². The molecule has 2 aromatic carbocycles. The Morgan fingerprint density at radius 1 is 1.14 bits per heavy atom. The number of benzene rings is 2. The average molecular weight is 306 g/mol. The lowest BCUT2D eigenvalue weighted by atomic mass is 10.1. The number of nitrogens with two attached hydrogens (primary N) is 1. The van der Waals surface area contributed by atoms with E-state index in [-0.39, 0.29) is 10.9 Å². The van der Waals surface area contributed by atoms with Crippen LogP contribution in [0.3, 0.4) is 0 Å². The van der Waals surface area contributed by atoms with Crippen molar-refractivity contribution in [1.82, 2.24) is 0 Å². The second-order valence-electron chi connectivity index (χ2n) is 4.71. The molecule has 6 heteroatoms. The first-order valence-electron chi connectivity index (χ1n) is 6.43. The van der Waals surface area contributed by atoms with Gasteiger partial charge in [-0.1, -0.05) is 12.1 Å². The molecule has 0 amide bonds. The SMILES string of the molecule is COc1cccc(C(C)Nc2ccc(S(N)(=O)=O)cc2)c1. The van der Waals surface area contributed by atoms with E-state index in [1.165, 1.54) is 12.1 Å². The summed E-state index contributed by atoms with van der Waals surface area (Å²) in [6.07, 6.45) is 0. The largest absolute Gasteiger partial charge is 0.497 e. The van der Waals surface area contributed by atoms with Gasteiger partial charge < -0.3 is 10.1 Å². The summed E-state index contributed by atoms with van der Waals surface area (Å²) in [5, 5.41) is 8.37. The van der Waals surface area contributed by atoms with E-state index in [0.29, 0.717) is 0 Å². The minimum absolute atomic E-state index is 0.0560. The lowest BCUT2D eigenvalue weighted by Gasteiger charge is -2.16. The first-order valence-corrected chi connectivity index (χ1v) is 7.98. The van der Waals surface area contributed by atoms with Crippen molar-refractivity contribution in [1.29, 1.82) is 0 Å². The molecule has 0 spiro atoms. The molecule has 0 saturated carbocycles. The highest BCUT2D eigenvalue weighted by Gasteiger charge is 2.09. The molecular formula is C15H18N2O3S. The van der Waals surface area contributed by atoms with Crippen LogP contribution in [0.5, 0.6) is 5.75 Å². The number of primary sulfonamides is 1. The highest BCUT2D eigenvalue weighted by atomic mass is 32.2. The monoisotopic (exact) mass is 306 g/mol. The van der Waals surface area contributed by atoms with Gasteiger partial charge in [-0.15, -0.1) is 0 Å². The third-order valence-electron chi connectivity index (χ3n) is 3.16. The maximum absolute atomic E-state index is 11.2. The fourth-order valence-electron chi connectivity index (χ4n) is 1.99. The van der Waals surface area contributed by atoms with Crippen molar-refractivity contribution in [2.75, 3.05) is 12.4 Å². The van der Waals surface area contributed by atoms with Crippen molar-refractivity contribution in [3.8, 4) is 5.75 Å². The van der Waals surface area contributed by atoms with Crippen LogP contribution in [-0.4, -0.2) is 15.5 Å². The molecule has 2 aromatic rings. The van der Waals surface area contributed by atoms with Crippen molar-refractivity contribution < 1.29 is 13.2 Å². The number of ether oxygens (including phenoxy) is 1. The number of hydrogen-bond donors (Lipinski definition) is 2.